The fourth-order valence-electron chi connectivity index (χ4n) is 3.77. The van der Waals surface area contributed by atoms with Crippen LogP contribution in [0.4, 0.5) is 5.69 Å². The van der Waals surface area contributed by atoms with E-state index >= 15 is 0 Å². The lowest BCUT2D eigenvalue weighted by Crippen LogP contribution is -2.37. The van der Waals surface area contributed by atoms with Crippen LogP contribution in [-0.2, 0) is 10.0 Å². The number of pyridine rings is 2. The Morgan fingerprint density at radius 1 is 1.03 bits per heavy atom. The standard InChI is InChI=1S/C23H19N5O4S/c1-14(15-8-3-2-4-9-15)26-28-22-16(10-7-13-24-22)20(29)19(23(28)30)21-25-17-11-5-6-12-18(17)33(31,32)27-21/h2-14,26,29H,1H3,(H,25,27). The molecule has 10 heteroatoms. The number of fused-ring (bicyclic) bond motifs is 2. The third kappa shape index (κ3) is 3.50. The highest BCUT2D eigenvalue weighted by atomic mass is 32.2. The van der Waals surface area contributed by atoms with Crippen molar-refractivity contribution in [2.75, 3.05) is 10.7 Å². The number of sulfonamides is 1. The van der Waals surface area contributed by atoms with Crippen LogP contribution in [0.5, 0.6) is 5.75 Å². The van der Waals surface area contributed by atoms with Gasteiger partial charge in [0.25, 0.3) is 15.6 Å². The second kappa shape index (κ2) is 7.75. The Morgan fingerprint density at radius 2 is 1.76 bits per heavy atom. The van der Waals surface area contributed by atoms with Crippen LogP contribution >= 0.6 is 0 Å². The van der Waals surface area contributed by atoms with Crippen LogP contribution in [0.15, 0.2) is 87.0 Å². The smallest absolute Gasteiger partial charge is 0.286 e. The molecule has 0 saturated heterocycles. The number of aromatic nitrogens is 2. The fraction of sp³-hybridized carbons (Fsp3) is 0.0870. The molecule has 2 aromatic heterocycles. The Kier molecular flexibility index (Phi) is 4.86. The van der Waals surface area contributed by atoms with E-state index in [1.54, 1.807) is 30.3 Å². The highest BCUT2D eigenvalue weighted by Gasteiger charge is 2.30. The first kappa shape index (κ1) is 20.7. The first-order chi connectivity index (χ1) is 15.9. The number of hydrogen-bond acceptors (Lipinski definition) is 7. The zero-order valence-corrected chi connectivity index (χ0v) is 18.2. The summed E-state index contributed by atoms with van der Waals surface area (Å²) >= 11 is 0. The third-order valence-electron chi connectivity index (χ3n) is 5.40. The van der Waals surface area contributed by atoms with Crippen molar-refractivity contribution in [2.45, 2.75) is 17.9 Å². The molecule has 2 aromatic carbocycles. The summed E-state index contributed by atoms with van der Waals surface area (Å²) in [6.45, 7) is 1.88. The van der Waals surface area contributed by atoms with Crippen LogP contribution in [0.25, 0.3) is 11.0 Å². The minimum atomic E-state index is -4.07. The fourth-order valence-corrected chi connectivity index (χ4v) is 4.89. The van der Waals surface area contributed by atoms with Gasteiger partial charge in [0.2, 0.25) is 0 Å². The van der Waals surface area contributed by atoms with Gasteiger partial charge in [-0.05, 0) is 36.8 Å². The molecule has 1 unspecified atom stereocenters. The van der Waals surface area contributed by atoms with E-state index in [1.165, 1.54) is 16.9 Å². The summed E-state index contributed by atoms with van der Waals surface area (Å²) in [6, 6.07) is 18.6. The van der Waals surface area contributed by atoms with Crippen LogP contribution in [-0.4, -0.2) is 29.0 Å². The quantitative estimate of drug-likeness (QED) is 0.427. The summed E-state index contributed by atoms with van der Waals surface area (Å²) < 4.78 is 30.5. The average Bonchev–Trinajstić information content (AvgIpc) is 2.82. The van der Waals surface area contributed by atoms with E-state index in [-0.39, 0.29) is 39.1 Å². The van der Waals surface area contributed by atoms with Gasteiger partial charge in [0.05, 0.1) is 17.1 Å². The van der Waals surface area contributed by atoms with Crippen molar-refractivity contribution in [1.29, 1.82) is 0 Å². The molecule has 0 aliphatic carbocycles. The molecule has 1 aliphatic heterocycles. The second-order valence-corrected chi connectivity index (χ2v) is 9.11. The van der Waals surface area contributed by atoms with Crippen molar-refractivity contribution in [3.63, 3.8) is 0 Å². The molecule has 166 valence electrons. The van der Waals surface area contributed by atoms with Crippen molar-refractivity contribution >= 4 is 32.6 Å². The van der Waals surface area contributed by atoms with Gasteiger partial charge in [-0.2, -0.15) is 8.42 Å². The molecule has 0 fully saturated rings. The summed E-state index contributed by atoms with van der Waals surface area (Å²) in [5.74, 6) is -0.667. The minimum Gasteiger partial charge on any atom is -0.506 e. The molecule has 1 aliphatic rings. The second-order valence-electron chi connectivity index (χ2n) is 7.54. The third-order valence-corrected chi connectivity index (χ3v) is 6.73. The molecular formula is C23H19N5O4S. The Bertz CT molecular complexity index is 1580. The van der Waals surface area contributed by atoms with E-state index in [0.717, 1.165) is 5.56 Å². The lowest BCUT2D eigenvalue weighted by Gasteiger charge is -2.22. The molecule has 0 amide bonds. The van der Waals surface area contributed by atoms with Crippen molar-refractivity contribution in [2.24, 2.45) is 4.40 Å². The molecular weight excluding hydrogens is 442 g/mol. The minimum absolute atomic E-state index is 0.00755. The first-order valence-corrected chi connectivity index (χ1v) is 11.6. The Balaban J connectivity index is 1.72. The molecule has 3 N–H and O–H groups in total. The highest BCUT2D eigenvalue weighted by Crippen LogP contribution is 2.31. The van der Waals surface area contributed by atoms with Crippen molar-refractivity contribution < 1.29 is 13.5 Å². The Hall–Kier alpha value is -4.18. The van der Waals surface area contributed by atoms with E-state index < -0.39 is 21.3 Å². The van der Waals surface area contributed by atoms with Gasteiger partial charge in [-0.1, -0.05) is 42.5 Å². The number of nitrogens with zero attached hydrogens (tertiary/aromatic N) is 3. The normalized spacial score (nSPS) is 15.2. The van der Waals surface area contributed by atoms with Crippen LogP contribution < -0.4 is 16.3 Å². The van der Waals surface area contributed by atoms with Crippen LogP contribution in [0.2, 0.25) is 0 Å². The Morgan fingerprint density at radius 3 is 2.55 bits per heavy atom. The first-order valence-electron chi connectivity index (χ1n) is 10.1. The van der Waals surface area contributed by atoms with E-state index in [1.807, 2.05) is 37.3 Å². The number of amidine groups is 1. The van der Waals surface area contributed by atoms with Gasteiger partial charge in [0, 0.05) is 6.20 Å². The summed E-state index contributed by atoms with van der Waals surface area (Å²) in [4.78, 5) is 17.8. The van der Waals surface area contributed by atoms with E-state index in [4.69, 9.17) is 0 Å². The monoisotopic (exact) mass is 461 g/mol. The molecule has 0 radical (unpaired) electrons. The van der Waals surface area contributed by atoms with Crippen molar-refractivity contribution in [3.05, 3.63) is 94.4 Å². The van der Waals surface area contributed by atoms with Crippen LogP contribution in [0.3, 0.4) is 0 Å². The predicted octanol–water partition coefficient (Wildman–Crippen LogP) is 2.97. The Labute approximate surface area is 189 Å². The van der Waals surface area contributed by atoms with Gasteiger partial charge < -0.3 is 15.8 Å². The SMILES string of the molecule is CC(Nn1c(=O)c(C2=NS(=O)(=O)c3ccccc3N2)c(O)c2cccnc21)c1ccccc1. The molecule has 9 nitrogen and oxygen atoms in total. The number of para-hydroxylation sites is 1. The van der Waals surface area contributed by atoms with Gasteiger partial charge in [-0.25, -0.2) is 9.66 Å². The molecule has 3 heterocycles. The van der Waals surface area contributed by atoms with Crippen molar-refractivity contribution in [1.82, 2.24) is 9.66 Å². The maximum atomic E-state index is 13.6. The lowest BCUT2D eigenvalue weighted by molar-refractivity contribution is 0.477. The zero-order valence-electron chi connectivity index (χ0n) is 17.4. The maximum absolute atomic E-state index is 13.6. The summed E-state index contributed by atoms with van der Waals surface area (Å²) in [7, 11) is -4.07. The van der Waals surface area contributed by atoms with E-state index in [0.29, 0.717) is 0 Å². The summed E-state index contributed by atoms with van der Waals surface area (Å²) in [5.41, 5.74) is 3.54. The molecule has 1 atom stereocenters. The lowest BCUT2D eigenvalue weighted by atomic mass is 10.1. The van der Waals surface area contributed by atoms with Crippen LogP contribution in [0.1, 0.15) is 24.1 Å². The summed E-state index contributed by atoms with van der Waals surface area (Å²) in [5, 5.41) is 14.1. The van der Waals surface area contributed by atoms with Crippen LogP contribution in [0, 0.1) is 0 Å². The molecule has 0 spiro atoms. The maximum Gasteiger partial charge on any atom is 0.286 e. The van der Waals surface area contributed by atoms with Gasteiger partial charge in [0.15, 0.2) is 11.5 Å². The number of benzene rings is 2. The predicted molar refractivity (Wildman–Crippen MR) is 126 cm³/mol. The molecule has 5 rings (SSSR count). The van der Waals surface area contributed by atoms with Gasteiger partial charge in [-0.3, -0.25) is 4.79 Å². The number of nitrogens with one attached hydrogen (secondary N) is 2. The molecule has 4 aromatic rings. The van der Waals surface area contributed by atoms with E-state index in [9.17, 15) is 18.3 Å². The largest absolute Gasteiger partial charge is 0.506 e. The average molecular weight is 462 g/mol. The molecule has 0 saturated carbocycles. The van der Waals surface area contributed by atoms with Gasteiger partial charge in [0.1, 0.15) is 16.2 Å². The van der Waals surface area contributed by atoms with Crippen molar-refractivity contribution in [3.8, 4) is 5.75 Å². The topological polar surface area (TPSA) is 126 Å². The molecule has 33 heavy (non-hydrogen) atoms. The number of rotatable bonds is 4. The van der Waals surface area contributed by atoms with Gasteiger partial charge >= 0.3 is 0 Å². The zero-order chi connectivity index (χ0) is 23.2. The number of aromatic hydroxyl groups is 1. The number of hydrogen-bond donors (Lipinski definition) is 3. The summed E-state index contributed by atoms with van der Waals surface area (Å²) in [6.07, 6.45) is 1.50. The van der Waals surface area contributed by atoms with Gasteiger partial charge in [-0.15, -0.1) is 4.40 Å². The highest BCUT2D eigenvalue weighted by molar-refractivity contribution is 7.90. The van der Waals surface area contributed by atoms with E-state index in [2.05, 4.69) is 20.1 Å². The molecule has 0 bridgehead atoms. The number of anilines is 1.